The summed E-state index contributed by atoms with van der Waals surface area (Å²) in [5.74, 6) is -0.673. The van der Waals surface area contributed by atoms with E-state index in [4.69, 9.17) is 26.2 Å². The molecular formula is C21H20ClN3O7. The van der Waals surface area contributed by atoms with Crippen LogP contribution in [0.15, 0.2) is 47.7 Å². The lowest BCUT2D eigenvalue weighted by Crippen LogP contribution is -2.31. The van der Waals surface area contributed by atoms with Crippen LogP contribution in [0.2, 0.25) is 5.02 Å². The predicted molar refractivity (Wildman–Crippen MR) is 116 cm³/mol. The number of aliphatic hydroxyl groups excluding tert-OH is 1. The molecule has 1 aliphatic heterocycles. The van der Waals surface area contributed by atoms with E-state index in [1.54, 1.807) is 25.1 Å². The fraction of sp³-hybridized carbons (Fsp3) is 0.238. The van der Waals surface area contributed by atoms with Crippen molar-refractivity contribution in [1.29, 1.82) is 0 Å². The Morgan fingerprint density at radius 1 is 1.31 bits per heavy atom. The number of methoxy groups -OCH3 is 1. The molecule has 0 aliphatic carbocycles. The normalized spacial score (nSPS) is 13.4. The second kappa shape index (κ2) is 9.67. The van der Waals surface area contributed by atoms with Gasteiger partial charge in [-0.25, -0.2) is 4.79 Å². The Morgan fingerprint density at radius 2 is 2.06 bits per heavy atom. The van der Waals surface area contributed by atoms with E-state index in [2.05, 4.69) is 5.32 Å². The third kappa shape index (κ3) is 4.98. The average Bonchev–Trinajstić information content (AvgIpc) is 3.05. The molecule has 0 saturated heterocycles. The minimum absolute atomic E-state index is 0.0175. The number of rotatable bonds is 8. The number of esters is 1. The van der Waals surface area contributed by atoms with E-state index in [0.717, 1.165) is 5.56 Å². The van der Waals surface area contributed by atoms with E-state index in [1.165, 1.54) is 30.2 Å². The summed E-state index contributed by atoms with van der Waals surface area (Å²) >= 11 is 5.96. The Morgan fingerprint density at radius 3 is 2.69 bits per heavy atom. The summed E-state index contributed by atoms with van der Waals surface area (Å²) in [6, 6.07) is 8.86. The predicted octanol–water partition coefficient (Wildman–Crippen LogP) is 3.02. The van der Waals surface area contributed by atoms with Gasteiger partial charge in [0, 0.05) is 29.4 Å². The van der Waals surface area contributed by atoms with E-state index < -0.39 is 16.8 Å². The number of nitrogens with zero attached hydrogens (tertiary/aromatic N) is 2. The van der Waals surface area contributed by atoms with Gasteiger partial charge in [-0.05, 0) is 30.7 Å². The third-order valence-corrected chi connectivity index (χ3v) is 4.92. The minimum Gasteiger partial charge on any atom is -0.466 e. The number of nitrogens with one attached hydrogen (secondary N) is 1. The molecule has 0 aromatic heterocycles. The summed E-state index contributed by atoms with van der Waals surface area (Å²) in [6.45, 7) is 1.45. The number of anilines is 1. The molecule has 0 radical (unpaired) electrons. The lowest BCUT2D eigenvalue weighted by atomic mass is 10.2. The van der Waals surface area contributed by atoms with Crippen molar-refractivity contribution < 1.29 is 29.1 Å². The van der Waals surface area contributed by atoms with Crippen LogP contribution in [0.1, 0.15) is 5.56 Å². The second-order valence-corrected chi connectivity index (χ2v) is 7.34. The summed E-state index contributed by atoms with van der Waals surface area (Å²) < 4.78 is 10.5. The summed E-state index contributed by atoms with van der Waals surface area (Å²) in [7, 11) is 1.18. The molecule has 1 amide bonds. The highest BCUT2D eigenvalue weighted by atomic mass is 35.5. The quantitative estimate of drug-likeness (QED) is 0.348. The topological polar surface area (TPSA) is 131 Å². The van der Waals surface area contributed by atoms with Gasteiger partial charge >= 0.3 is 5.97 Å². The van der Waals surface area contributed by atoms with E-state index >= 15 is 0 Å². The molecule has 11 heteroatoms. The lowest BCUT2D eigenvalue weighted by Gasteiger charge is -2.15. The van der Waals surface area contributed by atoms with Crippen molar-refractivity contribution in [2.24, 2.45) is 0 Å². The van der Waals surface area contributed by atoms with Crippen molar-refractivity contribution in [1.82, 2.24) is 4.90 Å². The summed E-state index contributed by atoms with van der Waals surface area (Å²) in [4.78, 5) is 37.0. The fourth-order valence-electron chi connectivity index (χ4n) is 3.17. The maximum atomic E-state index is 12.7. The van der Waals surface area contributed by atoms with Crippen molar-refractivity contribution in [2.75, 3.05) is 32.1 Å². The molecule has 0 saturated carbocycles. The van der Waals surface area contributed by atoms with Crippen LogP contribution >= 0.6 is 11.6 Å². The highest BCUT2D eigenvalue weighted by molar-refractivity contribution is 6.30. The van der Waals surface area contributed by atoms with Crippen LogP contribution in [0.4, 0.5) is 11.4 Å². The number of hydrogen-bond donors (Lipinski definition) is 2. The van der Waals surface area contributed by atoms with Gasteiger partial charge in [-0.2, -0.15) is 0 Å². The fourth-order valence-corrected chi connectivity index (χ4v) is 3.39. The van der Waals surface area contributed by atoms with Crippen LogP contribution < -0.4 is 10.1 Å². The number of carbonyl (C=O) groups is 2. The van der Waals surface area contributed by atoms with Crippen molar-refractivity contribution >= 4 is 34.9 Å². The van der Waals surface area contributed by atoms with Crippen molar-refractivity contribution in [3.8, 4) is 11.5 Å². The number of ether oxygens (including phenoxy) is 2. The smallest absolute Gasteiger partial charge is 0.337 e. The van der Waals surface area contributed by atoms with Crippen LogP contribution in [-0.2, 0) is 14.3 Å². The molecule has 32 heavy (non-hydrogen) atoms. The highest BCUT2D eigenvalue weighted by Gasteiger charge is 2.34. The number of benzene rings is 2. The number of aliphatic hydroxyl groups is 1. The molecule has 3 rings (SSSR count). The first-order valence-corrected chi connectivity index (χ1v) is 9.83. The number of non-ortho nitro benzene ring substituents is 1. The van der Waals surface area contributed by atoms with E-state index in [9.17, 15) is 19.7 Å². The van der Waals surface area contributed by atoms with Gasteiger partial charge in [0.25, 0.3) is 11.6 Å². The monoisotopic (exact) mass is 461 g/mol. The molecule has 0 atom stereocenters. The van der Waals surface area contributed by atoms with Crippen molar-refractivity contribution in [3.05, 3.63) is 68.4 Å². The van der Waals surface area contributed by atoms with Crippen LogP contribution in [0.25, 0.3) is 0 Å². The maximum Gasteiger partial charge on any atom is 0.337 e. The van der Waals surface area contributed by atoms with Crippen LogP contribution in [0.3, 0.4) is 0 Å². The first kappa shape index (κ1) is 23.0. The largest absolute Gasteiger partial charge is 0.466 e. The Bertz CT molecular complexity index is 1120. The molecule has 1 heterocycles. The van der Waals surface area contributed by atoms with Gasteiger partial charge in [-0.15, -0.1) is 0 Å². The average molecular weight is 462 g/mol. The molecule has 0 unspecified atom stereocenters. The Balaban J connectivity index is 1.98. The van der Waals surface area contributed by atoms with Gasteiger partial charge in [0.1, 0.15) is 17.2 Å². The van der Waals surface area contributed by atoms with Gasteiger partial charge in [-0.3, -0.25) is 14.9 Å². The van der Waals surface area contributed by atoms with Gasteiger partial charge in [0.05, 0.1) is 36.8 Å². The molecule has 0 fully saturated rings. The van der Waals surface area contributed by atoms with E-state index in [-0.39, 0.29) is 48.1 Å². The molecule has 0 bridgehead atoms. The Kier molecular flexibility index (Phi) is 6.96. The number of amides is 1. The minimum atomic E-state index is -0.722. The Hall–Kier alpha value is -3.63. The van der Waals surface area contributed by atoms with Crippen LogP contribution in [0, 0.1) is 17.0 Å². The number of nitro groups is 1. The van der Waals surface area contributed by atoms with E-state index in [1.807, 2.05) is 0 Å². The zero-order valence-corrected chi connectivity index (χ0v) is 18.0. The van der Waals surface area contributed by atoms with E-state index in [0.29, 0.717) is 10.8 Å². The number of aryl methyl sites for hydroxylation is 1. The number of hydrogen-bond acceptors (Lipinski definition) is 8. The van der Waals surface area contributed by atoms with Gasteiger partial charge in [-0.1, -0.05) is 11.6 Å². The molecule has 10 nitrogen and oxygen atoms in total. The summed E-state index contributed by atoms with van der Waals surface area (Å²) in [6.07, 6.45) is 0. The second-order valence-electron chi connectivity index (χ2n) is 6.91. The zero-order valence-electron chi connectivity index (χ0n) is 17.3. The SMILES string of the molecule is COC(=O)C1=C(Nc2cc(Oc3ccc(Cl)cc3C)cc([N+](=O)[O-])c2)C(=O)N(CCO)C1. The maximum absolute atomic E-state index is 12.7. The first-order chi connectivity index (χ1) is 15.2. The molecule has 2 N–H and O–H groups in total. The third-order valence-electron chi connectivity index (χ3n) is 4.69. The number of halogens is 1. The highest BCUT2D eigenvalue weighted by Crippen LogP contribution is 2.33. The van der Waals surface area contributed by atoms with Crippen molar-refractivity contribution in [3.63, 3.8) is 0 Å². The van der Waals surface area contributed by atoms with Gasteiger partial charge in [0.15, 0.2) is 0 Å². The zero-order chi connectivity index (χ0) is 23.4. The van der Waals surface area contributed by atoms with Gasteiger partial charge in [0.2, 0.25) is 0 Å². The standard InChI is InChI=1S/C21H20ClN3O7/c1-12-7-13(22)3-4-18(12)32-16-9-14(8-15(10-16)25(29)30)23-19-17(21(28)31-2)11-24(5-6-26)20(19)27/h3-4,7-10,23,26H,5-6,11H2,1-2H3. The summed E-state index contributed by atoms with van der Waals surface area (Å²) in [5, 5.41) is 23.9. The van der Waals surface area contributed by atoms with Crippen LogP contribution in [0.5, 0.6) is 11.5 Å². The van der Waals surface area contributed by atoms with Crippen LogP contribution in [-0.4, -0.2) is 53.6 Å². The molecule has 168 valence electrons. The molecular weight excluding hydrogens is 442 g/mol. The summed E-state index contributed by atoms with van der Waals surface area (Å²) in [5.41, 5.74) is 0.568. The molecule has 0 spiro atoms. The molecule has 2 aromatic rings. The first-order valence-electron chi connectivity index (χ1n) is 9.45. The van der Waals surface area contributed by atoms with Crippen molar-refractivity contribution in [2.45, 2.75) is 6.92 Å². The van der Waals surface area contributed by atoms with Gasteiger partial charge < -0.3 is 24.8 Å². The lowest BCUT2D eigenvalue weighted by molar-refractivity contribution is -0.384. The molecule has 1 aliphatic rings. The number of β-amino-alcohol motifs (C(OH)–C–C–N with tert-alkyl or cyclic N) is 1. The Labute approximate surface area is 188 Å². The number of carbonyl (C=O) groups excluding carboxylic acids is 2. The number of nitro benzene ring substituents is 1. The molecule has 2 aromatic carbocycles.